The monoisotopic (exact) mass is 327 g/mol. The molecule has 5 heteroatoms. The summed E-state index contributed by atoms with van der Waals surface area (Å²) in [6, 6.07) is 3.52. The highest BCUT2D eigenvalue weighted by atomic mass is 16.5. The molecule has 2 unspecified atom stereocenters. The van der Waals surface area contributed by atoms with E-state index in [1.165, 1.54) is 0 Å². The van der Waals surface area contributed by atoms with Crippen LogP contribution in [0.2, 0.25) is 0 Å². The number of piperidine rings is 1. The third-order valence-corrected chi connectivity index (χ3v) is 6.73. The van der Waals surface area contributed by atoms with Gasteiger partial charge in [0.15, 0.2) is 23.4 Å². The number of hydrogen-bond donors (Lipinski definition) is 2. The lowest BCUT2D eigenvalue weighted by atomic mass is 9.49. The molecular weight excluding hydrogens is 306 g/mol. The van der Waals surface area contributed by atoms with E-state index in [1.807, 2.05) is 12.1 Å². The maximum absolute atomic E-state index is 12.6. The second-order valence-corrected chi connectivity index (χ2v) is 7.56. The molecule has 1 aromatic carbocycles. The predicted molar refractivity (Wildman–Crippen MR) is 87.3 cm³/mol. The number of Topliss-reactive ketones (excluding diaryl/α,β-unsaturated/α-hetero) is 1. The SMILES string of the molecule is C=CCN1CCC23c4c5ccc(O)c4O[C@H]2C(=O)CCC3(O)[C@H]1C5. The number of carbonyl (C=O) groups is 1. The van der Waals surface area contributed by atoms with Gasteiger partial charge < -0.3 is 14.9 Å². The van der Waals surface area contributed by atoms with Crippen LogP contribution in [0.3, 0.4) is 0 Å². The molecule has 0 aromatic heterocycles. The van der Waals surface area contributed by atoms with E-state index in [4.69, 9.17) is 4.74 Å². The van der Waals surface area contributed by atoms with Crippen molar-refractivity contribution < 1.29 is 19.7 Å². The molecule has 1 saturated carbocycles. The molecule has 2 aliphatic heterocycles. The fourth-order valence-electron chi connectivity index (χ4n) is 5.80. The molecule has 5 rings (SSSR count). The summed E-state index contributed by atoms with van der Waals surface area (Å²) in [4.78, 5) is 14.9. The number of ketones is 1. The first-order chi connectivity index (χ1) is 11.5. The maximum Gasteiger partial charge on any atom is 0.174 e. The summed E-state index contributed by atoms with van der Waals surface area (Å²) >= 11 is 0. The molecule has 4 atom stereocenters. The molecule has 4 aliphatic rings. The average Bonchev–Trinajstić information content (AvgIpc) is 2.91. The minimum absolute atomic E-state index is 0.0408. The van der Waals surface area contributed by atoms with E-state index in [2.05, 4.69) is 11.5 Å². The molecule has 24 heavy (non-hydrogen) atoms. The largest absolute Gasteiger partial charge is 0.504 e. The zero-order valence-corrected chi connectivity index (χ0v) is 13.5. The summed E-state index contributed by atoms with van der Waals surface area (Å²) < 4.78 is 5.98. The zero-order chi connectivity index (χ0) is 16.7. The lowest BCUT2D eigenvalue weighted by molar-refractivity contribution is -0.187. The molecule has 126 valence electrons. The Hall–Kier alpha value is -1.85. The standard InChI is InChI=1S/C19H21NO4/c1-2-8-20-9-7-18-15-11-3-4-12(21)16(15)24-17(18)13(22)5-6-19(18,23)14(20)10-11/h2-4,14,17,21,23H,1,5-10H2/t14-,17+,18?,19?/m1/s1. The van der Waals surface area contributed by atoms with Crippen LogP contribution in [0.5, 0.6) is 11.5 Å². The Morgan fingerprint density at radius 1 is 1.42 bits per heavy atom. The van der Waals surface area contributed by atoms with Crippen LogP contribution < -0.4 is 4.74 Å². The molecule has 2 bridgehead atoms. The molecule has 2 heterocycles. The van der Waals surface area contributed by atoms with Crippen molar-refractivity contribution in [3.05, 3.63) is 35.9 Å². The van der Waals surface area contributed by atoms with Gasteiger partial charge in [0.1, 0.15) is 0 Å². The lowest BCUT2D eigenvalue weighted by Gasteiger charge is -2.62. The summed E-state index contributed by atoms with van der Waals surface area (Å²) in [5, 5.41) is 22.1. The van der Waals surface area contributed by atoms with Gasteiger partial charge in [0.05, 0.1) is 11.0 Å². The summed E-state index contributed by atoms with van der Waals surface area (Å²) in [5.41, 5.74) is 0.256. The van der Waals surface area contributed by atoms with Gasteiger partial charge in [-0.05, 0) is 30.9 Å². The van der Waals surface area contributed by atoms with Gasteiger partial charge >= 0.3 is 0 Å². The first-order valence-corrected chi connectivity index (χ1v) is 8.65. The number of phenols is 1. The Morgan fingerprint density at radius 3 is 3.04 bits per heavy atom. The Bertz CT molecular complexity index is 775. The van der Waals surface area contributed by atoms with E-state index >= 15 is 0 Å². The highest BCUT2D eigenvalue weighted by Crippen LogP contribution is 2.64. The maximum atomic E-state index is 12.6. The van der Waals surface area contributed by atoms with Gasteiger partial charge in [0, 0.05) is 31.1 Å². The van der Waals surface area contributed by atoms with Crippen LogP contribution in [0.4, 0.5) is 0 Å². The van der Waals surface area contributed by atoms with Crippen LogP contribution in [0.15, 0.2) is 24.8 Å². The second-order valence-electron chi connectivity index (χ2n) is 7.56. The van der Waals surface area contributed by atoms with Crippen molar-refractivity contribution in [3.8, 4) is 11.5 Å². The minimum atomic E-state index is -1.00. The summed E-state index contributed by atoms with van der Waals surface area (Å²) in [7, 11) is 0. The van der Waals surface area contributed by atoms with E-state index in [0.29, 0.717) is 31.4 Å². The van der Waals surface area contributed by atoms with Crippen molar-refractivity contribution in [3.63, 3.8) is 0 Å². The van der Waals surface area contributed by atoms with Crippen molar-refractivity contribution >= 4 is 5.78 Å². The molecule has 1 saturated heterocycles. The number of phenolic OH excluding ortho intramolecular Hbond substituents is 1. The molecular formula is C19H21NO4. The highest BCUT2D eigenvalue weighted by Gasteiger charge is 2.72. The Morgan fingerprint density at radius 2 is 2.25 bits per heavy atom. The van der Waals surface area contributed by atoms with Gasteiger partial charge in [-0.2, -0.15) is 0 Å². The van der Waals surface area contributed by atoms with Crippen LogP contribution in [0.25, 0.3) is 0 Å². The van der Waals surface area contributed by atoms with Gasteiger partial charge in [-0.25, -0.2) is 0 Å². The third kappa shape index (κ3) is 1.38. The van der Waals surface area contributed by atoms with Crippen LogP contribution in [0, 0.1) is 0 Å². The molecule has 1 aromatic rings. The van der Waals surface area contributed by atoms with Crippen molar-refractivity contribution in [1.82, 2.24) is 4.90 Å². The Labute approximate surface area is 140 Å². The molecule has 2 aliphatic carbocycles. The smallest absolute Gasteiger partial charge is 0.174 e. The average molecular weight is 327 g/mol. The fraction of sp³-hybridized carbons (Fsp3) is 0.526. The first-order valence-electron chi connectivity index (χ1n) is 8.65. The number of aliphatic hydroxyl groups is 1. The number of hydrogen-bond acceptors (Lipinski definition) is 5. The first kappa shape index (κ1) is 14.5. The van der Waals surface area contributed by atoms with Crippen molar-refractivity contribution in [2.75, 3.05) is 13.1 Å². The highest BCUT2D eigenvalue weighted by molar-refractivity contribution is 5.90. The lowest BCUT2D eigenvalue weighted by Crippen LogP contribution is -2.76. The number of rotatable bonds is 2. The van der Waals surface area contributed by atoms with Gasteiger partial charge in [-0.1, -0.05) is 12.1 Å². The molecule has 1 spiro atoms. The van der Waals surface area contributed by atoms with Crippen LogP contribution in [-0.2, 0) is 16.6 Å². The van der Waals surface area contributed by atoms with Gasteiger partial charge in [-0.3, -0.25) is 9.69 Å². The van der Waals surface area contributed by atoms with E-state index in [1.54, 1.807) is 6.07 Å². The number of ether oxygens (including phenoxy) is 1. The Balaban J connectivity index is 1.80. The zero-order valence-electron chi connectivity index (χ0n) is 13.5. The van der Waals surface area contributed by atoms with Gasteiger partial charge in [0.2, 0.25) is 0 Å². The quantitative estimate of drug-likeness (QED) is 0.802. The predicted octanol–water partition coefficient (Wildman–Crippen LogP) is 1.30. The normalized spacial score (nSPS) is 39.3. The van der Waals surface area contributed by atoms with Crippen LogP contribution in [-0.4, -0.2) is 51.7 Å². The van der Waals surface area contributed by atoms with E-state index in [0.717, 1.165) is 24.2 Å². The van der Waals surface area contributed by atoms with Gasteiger partial charge in [-0.15, -0.1) is 6.58 Å². The number of carbonyl (C=O) groups excluding carboxylic acids is 1. The summed E-state index contributed by atoms with van der Waals surface area (Å²) in [6.45, 7) is 5.36. The number of nitrogens with zero attached hydrogens (tertiary/aromatic N) is 1. The summed E-state index contributed by atoms with van der Waals surface area (Å²) in [5.74, 6) is 0.528. The Kier molecular flexibility index (Phi) is 2.66. The second kappa shape index (κ2) is 4.41. The van der Waals surface area contributed by atoms with E-state index in [-0.39, 0.29) is 17.6 Å². The third-order valence-electron chi connectivity index (χ3n) is 6.73. The number of benzene rings is 1. The molecule has 5 nitrogen and oxygen atoms in total. The molecule has 0 amide bonds. The van der Waals surface area contributed by atoms with Crippen molar-refractivity contribution in [2.24, 2.45) is 0 Å². The van der Waals surface area contributed by atoms with Gasteiger partial charge in [0.25, 0.3) is 0 Å². The van der Waals surface area contributed by atoms with Crippen molar-refractivity contribution in [2.45, 2.75) is 48.8 Å². The number of likely N-dealkylation sites (tertiary alicyclic amines) is 1. The molecule has 2 N–H and O–H groups in total. The fourth-order valence-corrected chi connectivity index (χ4v) is 5.80. The van der Waals surface area contributed by atoms with Crippen molar-refractivity contribution in [1.29, 1.82) is 0 Å². The molecule has 2 fully saturated rings. The van der Waals surface area contributed by atoms with Crippen LogP contribution >= 0.6 is 0 Å². The summed E-state index contributed by atoms with van der Waals surface area (Å²) in [6.07, 6.45) is 3.35. The molecule has 0 radical (unpaired) electrons. The van der Waals surface area contributed by atoms with E-state index < -0.39 is 17.1 Å². The van der Waals surface area contributed by atoms with E-state index in [9.17, 15) is 15.0 Å². The van der Waals surface area contributed by atoms with Crippen LogP contribution in [0.1, 0.15) is 30.4 Å². The topological polar surface area (TPSA) is 70.0 Å². The number of aromatic hydroxyl groups is 1. The minimum Gasteiger partial charge on any atom is -0.504 e.